The molecule has 1 aromatic carbocycles. The molecule has 0 aliphatic rings. The molecule has 0 spiro atoms. The van der Waals surface area contributed by atoms with Crippen molar-refractivity contribution < 1.29 is 9.62 Å². The summed E-state index contributed by atoms with van der Waals surface area (Å²) in [6, 6.07) is 5.03. The first-order valence-corrected chi connectivity index (χ1v) is 6.05. The second-order valence-electron chi connectivity index (χ2n) is 3.31. The third-order valence-electron chi connectivity index (χ3n) is 2.03. The SMILES string of the molecule is Cc1nnc(Sc2ccc(Cl)cc2C(N)=NO)o1. The molecular formula is C10H9ClN4O2S. The quantitative estimate of drug-likeness (QED) is 0.388. The Morgan fingerprint density at radius 1 is 1.50 bits per heavy atom. The summed E-state index contributed by atoms with van der Waals surface area (Å²) in [5.74, 6) is 0.438. The fourth-order valence-corrected chi connectivity index (χ4v) is 2.27. The molecule has 0 fully saturated rings. The molecule has 2 aromatic rings. The zero-order valence-corrected chi connectivity index (χ0v) is 10.9. The van der Waals surface area contributed by atoms with Crippen molar-refractivity contribution in [3.05, 3.63) is 34.7 Å². The normalized spacial score (nSPS) is 11.8. The molecule has 0 amide bonds. The van der Waals surface area contributed by atoms with Crippen LogP contribution in [0.4, 0.5) is 0 Å². The summed E-state index contributed by atoms with van der Waals surface area (Å²) in [7, 11) is 0. The van der Waals surface area contributed by atoms with Gasteiger partial charge in [-0.25, -0.2) is 0 Å². The van der Waals surface area contributed by atoms with Gasteiger partial charge in [-0.1, -0.05) is 16.8 Å². The zero-order valence-electron chi connectivity index (χ0n) is 9.29. The number of benzene rings is 1. The molecule has 0 saturated carbocycles. The topological polar surface area (TPSA) is 97.5 Å². The number of hydrogen-bond donors (Lipinski definition) is 2. The fraction of sp³-hybridized carbons (Fsp3) is 0.100. The standard InChI is InChI=1S/C10H9ClN4O2S/c1-5-13-14-10(17-5)18-8-3-2-6(11)4-7(8)9(12)15-16/h2-4,16H,1H3,(H2,12,15). The van der Waals surface area contributed by atoms with Gasteiger partial charge in [-0.15, -0.1) is 10.2 Å². The van der Waals surface area contributed by atoms with Crippen molar-refractivity contribution in [1.29, 1.82) is 0 Å². The van der Waals surface area contributed by atoms with E-state index in [1.54, 1.807) is 25.1 Å². The first kappa shape index (κ1) is 12.7. The first-order valence-electron chi connectivity index (χ1n) is 4.85. The molecule has 0 bridgehead atoms. The van der Waals surface area contributed by atoms with Crippen molar-refractivity contribution >= 4 is 29.2 Å². The second-order valence-corrected chi connectivity index (χ2v) is 4.74. The van der Waals surface area contributed by atoms with Crippen molar-refractivity contribution in [2.75, 3.05) is 0 Å². The van der Waals surface area contributed by atoms with Crippen LogP contribution in [0.15, 0.2) is 37.9 Å². The summed E-state index contributed by atoms with van der Waals surface area (Å²) < 4.78 is 5.25. The van der Waals surface area contributed by atoms with E-state index in [1.807, 2.05) is 0 Å². The lowest BCUT2D eigenvalue weighted by Gasteiger charge is -2.05. The maximum absolute atomic E-state index is 8.73. The molecule has 1 heterocycles. The number of halogens is 1. The van der Waals surface area contributed by atoms with Gasteiger partial charge in [-0.05, 0) is 30.0 Å². The third kappa shape index (κ3) is 2.74. The Labute approximate surface area is 112 Å². The van der Waals surface area contributed by atoms with E-state index in [4.69, 9.17) is 27.0 Å². The lowest BCUT2D eigenvalue weighted by atomic mass is 10.2. The number of hydrogen-bond acceptors (Lipinski definition) is 6. The predicted molar refractivity (Wildman–Crippen MR) is 67.1 cm³/mol. The summed E-state index contributed by atoms with van der Waals surface area (Å²) in [4.78, 5) is 0.707. The van der Waals surface area contributed by atoms with E-state index in [0.29, 0.717) is 26.6 Å². The lowest BCUT2D eigenvalue weighted by molar-refractivity contribution is 0.318. The highest BCUT2D eigenvalue weighted by Gasteiger charge is 2.12. The fourth-order valence-electron chi connectivity index (χ4n) is 1.26. The molecular weight excluding hydrogens is 276 g/mol. The van der Waals surface area contributed by atoms with Crippen LogP contribution in [0.3, 0.4) is 0 Å². The molecule has 6 nitrogen and oxygen atoms in total. The number of aromatic nitrogens is 2. The summed E-state index contributed by atoms with van der Waals surface area (Å²) in [5.41, 5.74) is 6.09. The Kier molecular flexibility index (Phi) is 3.73. The molecule has 94 valence electrons. The lowest BCUT2D eigenvalue weighted by Crippen LogP contribution is -2.14. The van der Waals surface area contributed by atoms with Crippen molar-refractivity contribution in [3.63, 3.8) is 0 Å². The highest BCUT2D eigenvalue weighted by molar-refractivity contribution is 7.99. The maximum Gasteiger partial charge on any atom is 0.281 e. The minimum atomic E-state index is -0.0313. The van der Waals surface area contributed by atoms with Crippen LogP contribution in [0.25, 0.3) is 0 Å². The van der Waals surface area contributed by atoms with Gasteiger partial charge in [0.1, 0.15) is 0 Å². The van der Waals surface area contributed by atoms with E-state index in [9.17, 15) is 0 Å². The molecule has 0 unspecified atom stereocenters. The Morgan fingerprint density at radius 2 is 2.28 bits per heavy atom. The van der Waals surface area contributed by atoms with Crippen molar-refractivity contribution in [2.45, 2.75) is 17.0 Å². The van der Waals surface area contributed by atoms with Crippen LogP contribution in [0, 0.1) is 6.92 Å². The van der Waals surface area contributed by atoms with Crippen LogP contribution in [0.5, 0.6) is 0 Å². The molecule has 0 atom stereocenters. The average Bonchev–Trinajstić information content (AvgIpc) is 2.76. The van der Waals surface area contributed by atoms with Gasteiger partial charge in [0.25, 0.3) is 5.22 Å². The number of nitrogens with zero attached hydrogens (tertiary/aromatic N) is 3. The molecule has 3 N–H and O–H groups in total. The van der Waals surface area contributed by atoms with Crippen LogP contribution in [0.1, 0.15) is 11.5 Å². The van der Waals surface area contributed by atoms with Crippen LogP contribution < -0.4 is 5.73 Å². The second kappa shape index (κ2) is 5.28. The third-order valence-corrected chi connectivity index (χ3v) is 3.18. The highest BCUT2D eigenvalue weighted by Crippen LogP contribution is 2.31. The molecule has 8 heteroatoms. The number of aryl methyl sites for hydroxylation is 1. The number of amidine groups is 1. The van der Waals surface area contributed by atoms with Gasteiger partial charge >= 0.3 is 0 Å². The monoisotopic (exact) mass is 284 g/mol. The number of nitrogens with two attached hydrogens (primary N) is 1. The van der Waals surface area contributed by atoms with Crippen LogP contribution in [-0.4, -0.2) is 21.2 Å². The van der Waals surface area contributed by atoms with Crippen LogP contribution >= 0.6 is 23.4 Å². The number of rotatable bonds is 3. The van der Waals surface area contributed by atoms with Crippen LogP contribution in [0.2, 0.25) is 5.02 Å². The van der Waals surface area contributed by atoms with E-state index >= 15 is 0 Å². The largest absolute Gasteiger partial charge is 0.416 e. The van der Waals surface area contributed by atoms with Gasteiger partial charge in [-0.3, -0.25) is 0 Å². The Hall–Kier alpha value is -1.73. The predicted octanol–water partition coefficient (Wildman–Crippen LogP) is 2.28. The first-order chi connectivity index (χ1) is 8.60. The molecule has 0 aliphatic carbocycles. The van der Waals surface area contributed by atoms with E-state index in [1.165, 1.54) is 11.8 Å². The molecule has 0 aliphatic heterocycles. The summed E-state index contributed by atoms with van der Waals surface area (Å²) >= 11 is 7.09. The van der Waals surface area contributed by atoms with E-state index in [-0.39, 0.29) is 5.84 Å². The van der Waals surface area contributed by atoms with E-state index in [2.05, 4.69) is 15.4 Å². The maximum atomic E-state index is 8.73. The van der Waals surface area contributed by atoms with Gasteiger partial charge in [-0.2, -0.15) is 0 Å². The van der Waals surface area contributed by atoms with Gasteiger partial charge in [0.15, 0.2) is 5.84 Å². The summed E-state index contributed by atoms with van der Waals surface area (Å²) in [6.07, 6.45) is 0. The van der Waals surface area contributed by atoms with E-state index < -0.39 is 0 Å². The molecule has 0 radical (unpaired) electrons. The van der Waals surface area contributed by atoms with E-state index in [0.717, 1.165) is 0 Å². The van der Waals surface area contributed by atoms with Gasteiger partial charge in [0.2, 0.25) is 5.89 Å². The highest BCUT2D eigenvalue weighted by atomic mass is 35.5. The summed E-state index contributed by atoms with van der Waals surface area (Å²) in [6.45, 7) is 1.70. The van der Waals surface area contributed by atoms with Gasteiger partial charge in [0, 0.05) is 22.4 Å². The van der Waals surface area contributed by atoms with Gasteiger partial charge in [0.05, 0.1) is 0 Å². The molecule has 18 heavy (non-hydrogen) atoms. The van der Waals surface area contributed by atoms with Crippen molar-refractivity contribution in [3.8, 4) is 0 Å². The molecule has 2 rings (SSSR count). The molecule has 0 saturated heterocycles. The number of oxime groups is 1. The minimum Gasteiger partial charge on any atom is -0.416 e. The van der Waals surface area contributed by atoms with Gasteiger partial charge < -0.3 is 15.4 Å². The molecule has 1 aromatic heterocycles. The van der Waals surface area contributed by atoms with Crippen molar-refractivity contribution in [2.24, 2.45) is 10.9 Å². The van der Waals surface area contributed by atoms with Crippen LogP contribution in [-0.2, 0) is 0 Å². The van der Waals surface area contributed by atoms with Crippen molar-refractivity contribution in [1.82, 2.24) is 10.2 Å². The Balaban J connectivity index is 2.38. The Morgan fingerprint density at radius 3 is 2.89 bits per heavy atom. The smallest absolute Gasteiger partial charge is 0.281 e. The average molecular weight is 285 g/mol. The minimum absolute atomic E-state index is 0.0313. The Bertz CT molecular complexity index is 599. The zero-order chi connectivity index (χ0) is 13.1. The summed E-state index contributed by atoms with van der Waals surface area (Å²) in [5, 5.41) is 20.1.